The van der Waals surface area contributed by atoms with Gasteiger partial charge in [-0.25, -0.2) is 0 Å². The first kappa shape index (κ1) is 12.8. The van der Waals surface area contributed by atoms with E-state index in [1.165, 1.54) is 0 Å². The van der Waals surface area contributed by atoms with Crippen molar-refractivity contribution >= 4 is 0 Å². The first-order valence-electron chi connectivity index (χ1n) is 5.47. The van der Waals surface area contributed by atoms with Crippen molar-refractivity contribution < 1.29 is 13.2 Å². The van der Waals surface area contributed by atoms with E-state index in [0.717, 1.165) is 26.1 Å². The Morgan fingerprint density at radius 2 is 2.13 bits per heavy atom. The molecule has 0 spiro atoms. The number of rotatable bonds is 3. The van der Waals surface area contributed by atoms with Gasteiger partial charge in [0.2, 0.25) is 0 Å². The highest BCUT2D eigenvalue weighted by Gasteiger charge is 2.34. The number of hydrogen-bond acceptors (Lipinski definition) is 2. The molecule has 0 radical (unpaired) electrons. The third kappa shape index (κ3) is 3.99. The minimum absolute atomic E-state index is 0.246. The predicted octanol–water partition coefficient (Wildman–Crippen LogP) is 2.01. The third-order valence-corrected chi connectivity index (χ3v) is 2.96. The fraction of sp³-hybridized carbons (Fsp3) is 1.00. The van der Waals surface area contributed by atoms with Crippen LogP contribution in [0.2, 0.25) is 0 Å². The van der Waals surface area contributed by atoms with E-state index >= 15 is 0 Å². The average molecular weight is 224 g/mol. The number of halogens is 3. The second-order valence-electron chi connectivity index (χ2n) is 4.17. The van der Waals surface area contributed by atoms with Crippen LogP contribution in [0.4, 0.5) is 13.2 Å². The van der Waals surface area contributed by atoms with Crippen molar-refractivity contribution in [2.75, 3.05) is 19.6 Å². The maximum atomic E-state index is 12.2. The van der Waals surface area contributed by atoms with Crippen molar-refractivity contribution in [3.05, 3.63) is 0 Å². The summed E-state index contributed by atoms with van der Waals surface area (Å²) in [7, 11) is 0. The molecule has 0 aliphatic carbocycles. The van der Waals surface area contributed by atoms with Crippen molar-refractivity contribution in [3.63, 3.8) is 0 Å². The molecular weight excluding hydrogens is 205 g/mol. The van der Waals surface area contributed by atoms with Gasteiger partial charge in [0.25, 0.3) is 0 Å². The molecule has 0 aromatic carbocycles. The number of piperazine rings is 1. The molecule has 1 saturated heterocycles. The average Bonchev–Trinajstić information content (AvgIpc) is 2.15. The summed E-state index contributed by atoms with van der Waals surface area (Å²) >= 11 is 0. The van der Waals surface area contributed by atoms with Gasteiger partial charge >= 0.3 is 6.18 Å². The summed E-state index contributed by atoms with van der Waals surface area (Å²) in [6.07, 6.45) is -3.86. The minimum Gasteiger partial charge on any atom is -0.314 e. The molecule has 2 atom stereocenters. The number of hydrogen-bond donors (Lipinski definition) is 1. The van der Waals surface area contributed by atoms with Gasteiger partial charge in [-0.15, -0.1) is 0 Å². The van der Waals surface area contributed by atoms with Gasteiger partial charge in [0, 0.05) is 31.7 Å². The Morgan fingerprint density at radius 3 is 2.67 bits per heavy atom. The molecule has 1 aliphatic rings. The summed E-state index contributed by atoms with van der Waals surface area (Å²) in [5, 5.41) is 3.21. The van der Waals surface area contributed by atoms with E-state index in [4.69, 9.17) is 0 Å². The minimum atomic E-state index is -4.05. The normalized spacial score (nSPS) is 26.6. The summed E-state index contributed by atoms with van der Waals surface area (Å²) in [6.45, 7) is 6.00. The molecule has 1 N–H and O–H groups in total. The second kappa shape index (κ2) is 5.16. The SMILES string of the molecule is CCC1CNCCN1C(C)CC(F)(F)F. The zero-order valence-electron chi connectivity index (χ0n) is 9.27. The molecule has 90 valence electrons. The van der Waals surface area contributed by atoms with Gasteiger partial charge in [-0.3, -0.25) is 4.90 Å². The van der Waals surface area contributed by atoms with Crippen LogP contribution in [0.25, 0.3) is 0 Å². The molecule has 0 aromatic heterocycles. The smallest absolute Gasteiger partial charge is 0.314 e. The van der Waals surface area contributed by atoms with Gasteiger partial charge in [0.05, 0.1) is 6.42 Å². The highest BCUT2D eigenvalue weighted by atomic mass is 19.4. The summed E-state index contributed by atoms with van der Waals surface area (Å²) in [5.41, 5.74) is 0. The number of nitrogens with zero attached hydrogens (tertiary/aromatic N) is 1. The zero-order chi connectivity index (χ0) is 11.5. The van der Waals surface area contributed by atoms with E-state index in [9.17, 15) is 13.2 Å². The lowest BCUT2D eigenvalue weighted by molar-refractivity contribution is -0.148. The van der Waals surface area contributed by atoms with E-state index in [-0.39, 0.29) is 6.04 Å². The van der Waals surface area contributed by atoms with Crippen molar-refractivity contribution in [2.45, 2.75) is 44.9 Å². The first-order valence-corrected chi connectivity index (χ1v) is 5.47. The highest BCUT2D eigenvalue weighted by Crippen LogP contribution is 2.25. The van der Waals surface area contributed by atoms with E-state index < -0.39 is 18.6 Å². The molecule has 5 heteroatoms. The molecule has 0 amide bonds. The molecule has 1 fully saturated rings. The standard InChI is InChI=1S/C10H19F3N2/c1-3-9-7-14-4-5-15(9)8(2)6-10(11,12)13/h8-9,14H,3-7H2,1-2H3. The van der Waals surface area contributed by atoms with Crippen molar-refractivity contribution in [1.29, 1.82) is 0 Å². The summed E-state index contributed by atoms with van der Waals surface area (Å²) in [5.74, 6) is 0. The molecule has 1 heterocycles. The van der Waals surface area contributed by atoms with Crippen LogP contribution < -0.4 is 5.32 Å². The maximum Gasteiger partial charge on any atom is 0.390 e. The molecule has 0 aromatic rings. The van der Waals surface area contributed by atoms with Crippen LogP contribution in [-0.4, -0.2) is 42.8 Å². The lowest BCUT2D eigenvalue weighted by atomic mass is 10.1. The zero-order valence-corrected chi connectivity index (χ0v) is 9.27. The molecule has 2 nitrogen and oxygen atoms in total. The van der Waals surface area contributed by atoms with E-state index in [1.54, 1.807) is 6.92 Å². The Morgan fingerprint density at radius 1 is 1.47 bits per heavy atom. The Bertz CT molecular complexity index is 194. The monoisotopic (exact) mass is 224 g/mol. The van der Waals surface area contributed by atoms with Crippen molar-refractivity contribution in [3.8, 4) is 0 Å². The van der Waals surface area contributed by atoms with E-state index in [0.29, 0.717) is 0 Å². The number of nitrogens with one attached hydrogen (secondary N) is 1. The quantitative estimate of drug-likeness (QED) is 0.789. The molecule has 0 bridgehead atoms. The topological polar surface area (TPSA) is 15.3 Å². The van der Waals surface area contributed by atoms with E-state index in [2.05, 4.69) is 5.32 Å². The Hall–Kier alpha value is -0.290. The Balaban J connectivity index is 2.52. The van der Waals surface area contributed by atoms with Gasteiger partial charge in [-0.05, 0) is 13.3 Å². The lowest BCUT2D eigenvalue weighted by Gasteiger charge is -2.40. The summed E-state index contributed by atoms with van der Waals surface area (Å²) in [4.78, 5) is 1.98. The first-order chi connectivity index (χ1) is 6.94. The fourth-order valence-electron chi connectivity index (χ4n) is 2.19. The third-order valence-electron chi connectivity index (χ3n) is 2.96. The molecule has 2 unspecified atom stereocenters. The molecule has 1 aliphatic heterocycles. The van der Waals surface area contributed by atoms with Gasteiger partial charge in [-0.2, -0.15) is 13.2 Å². The van der Waals surface area contributed by atoms with Crippen LogP contribution in [-0.2, 0) is 0 Å². The lowest BCUT2D eigenvalue weighted by Crippen LogP contribution is -2.54. The molecular formula is C10H19F3N2. The van der Waals surface area contributed by atoms with Gasteiger partial charge < -0.3 is 5.32 Å². The van der Waals surface area contributed by atoms with Crippen LogP contribution in [0.15, 0.2) is 0 Å². The molecule has 15 heavy (non-hydrogen) atoms. The van der Waals surface area contributed by atoms with Gasteiger partial charge in [0.15, 0.2) is 0 Å². The largest absolute Gasteiger partial charge is 0.390 e. The van der Waals surface area contributed by atoms with Crippen LogP contribution in [0, 0.1) is 0 Å². The van der Waals surface area contributed by atoms with Gasteiger partial charge in [-0.1, -0.05) is 6.92 Å². The summed E-state index contributed by atoms with van der Waals surface area (Å²) in [6, 6.07) is -0.159. The second-order valence-corrected chi connectivity index (χ2v) is 4.17. The van der Waals surface area contributed by atoms with Crippen molar-refractivity contribution in [1.82, 2.24) is 10.2 Å². The molecule has 0 saturated carbocycles. The fourth-order valence-corrected chi connectivity index (χ4v) is 2.19. The van der Waals surface area contributed by atoms with Gasteiger partial charge in [0.1, 0.15) is 0 Å². The van der Waals surface area contributed by atoms with Crippen LogP contribution >= 0.6 is 0 Å². The molecule has 1 rings (SSSR count). The predicted molar refractivity (Wildman–Crippen MR) is 53.8 cm³/mol. The highest BCUT2D eigenvalue weighted by molar-refractivity contribution is 4.83. The summed E-state index contributed by atoms with van der Waals surface area (Å²) < 4.78 is 36.7. The van der Waals surface area contributed by atoms with Crippen LogP contribution in [0.3, 0.4) is 0 Å². The van der Waals surface area contributed by atoms with Crippen LogP contribution in [0.5, 0.6) is 0 Å². The Labute approximate surface area is 88.8 Å². The van der Waals surface area contributed by atoms with Crippen LogP contribution in [0.1, 0.15) is 26.7 Å². The Kier molecular flexibility index (Phi) is 4.40. The maximum absolute atomic E-state index is 12.2. The van der Waals surface area contributed by atoms with Crippen molar-refractivity contribution in [2.24, 2.45) is 0 Å². The van der Waals surface area contributed by atoms with E-state index in [1.807, 2.05) is 11.8 Å². The number of alkyl halides is 3.